The van der Waals surface area contributed by atoms with Crippen molar-refractivity contribution in [3.8, 4) is 5.69 Å². The van der Waals surface area contributed by atoms with Crippen LogP contribution in [0.2, 0.25) is 0 Å². The first-order chi connectivity index (χ1) is 11.1. The van der Waals surface area contributed by atoms with E-state index >= 15 is 0 Å². The number of aryl methyl sites for hydroxylation is 2. The van der Waals surface area contributed by atoms with E-state index in [-0.39, 0.29) is 5.96 Å². The summed E-state index contributed by atoms with van der Waals surface area (Å²) in [5.74, 6) is 0.591. The van der Waals surface area contributed by atoms with Crippen molar-refractivity contribution < 1.29 is 0 Å². The van der Waals surface area contributed by atoms with Gasteiger partial charge in [0.05, 0.1) is 6.33 Å². The van der Waals surface area contributed by atoms with Gasteiger partial charge in [-0.2, -0.15) is 4.99 Å². The molecule has 0 saturated heterocycles. The minimum absolute atomic E-state index is 0.241. The van der Waals surface area contributed by atoms with Gasteiger partial charge >= 0.3 is 0 Å². The van der Waals surface area contributed by atoms with Gasteiger partial charge < -0.3 is 15.6 Å². The quantitative estimate of drug-likeness (QED) is 0.572. The number of imidazole rings is 1. The van der Waals surface area contributed by atoms with Crippen molar-refractivity contribution in [2.45, 2.75) is 13.8 Å². The Balaban J connectivity index is 1.74. The highest BCUT2D eigenvalue weighted by Crippen LogP contribution is 2.13. The molecule has 3 N–H and O–H groups in total. The highest BCUT2D eigenvalue weighted by atomic mass is 15.2. The fourth-order valence-corrected chi connectivity index (χ4v) is 2.17. The lowest BCUT2D eigenvalue weighted by molar-refractivity contribution is 1.04. The number of hydrogen-bond donors (Lipinski definition) is 2. The van der Waals surface area contributed by atoms with E-state index in [1.54, 1.807) is 12.5 Å². The third-order valence-corrected chi connectivity index (χ3v) is 3.13. The highest BCUT2D eigenvalue weighted by molar-refractivity contribution is 5.93. The standard InChI is InChI=1S/C16H17N7/c1-11-9-12(2)20-16(19-11)22-15(17)21-13-3-5-14(6-4-13)23-8-7-18-10-23/h3-10H,1-2H3,(H3,17,19,20,21,22). The van der Waals surface area contributed by atoms with E-state index in [9.17, 15) is 0 Å². The summed E-state index contributed by atoms with van der Waals surface area (Å²) in [6.07, 6.45) is 5.37. The van der Waals surface area contributed by atoms with Crippen LogP contribution in [0.3, 0.4) is 0 Å². The number of guanidine groups is 1. The maximum Gasteiger partial charge on any atom is 0.253 e. The van der Waals surface area contributed by atoms with Crippen LogP contribution in [-0.4, -0.2) is 25.5 Å². The Labute approximate surface area is 134 Å². The summed E-state index contributed by atoms with van der Waals surface area (Å²) in [5.41, 5.74) is 9.47. The molecule has 0 saturated carbocycles. The van der Waals surface area contributed by atoms with Gasteiger partial charge in [0.25, 0.3) is 5.95 Å². The average Bonchev–Trinajstić information content (AvgIpc) is 3.01. The second-order valence-corrected chi connectivity index (χ2v) is 5.09. The first-order valence-electron chi connectivity index (χ1n) is 7.12. The molecule has 0 aliphatic rings. The number of anilines is 1. The molecule has 0 amide bonds. The van der Waals surface area contributed by atoms with Gasteiger partial charge in [-0.05, 0) is 44.2 Å². The van der Waals surface area contributed by atoms with Crippen LogP contribution in [-0.2, 0) is 0 Å². The average molecular weight is 307 g/mol. The molecule has 2 aromatic heterocycles. The van der Waals surface area contributed by atoms with Gasteiger partial charge in [-0.15, -0.1) is 0 Å². The molecule has 0 radical (unpaired) electrons. The van der Waals surface area contributed by atoms with Crippen LogP contribution in [0.5, 0.6) is 0 Å². The number of benzene rings is 1. The molecule has 3 rings (SSSR count). The number of aliphatic imine (C=N–C) groups is 1. The summed E-state index contributed by atoms with van der Waals surface area (Å²) in [6.45, 7) is 3.79. The highest BCUT2D eigenvalue weighted by Gasteiger charge is 2.01. The largest absolute Gasteiger partial charge is 0.369 e. The third kappa shape index (κ3) is 3.70. The van der Waals surface area contributed by atoms with Gasteiger partial charge in [-0.3, -0.25) is 0 Å². The smallest absolute Gasteiger partial charge is 0.253 e. The zero-order chi connectivity index (χ0) is 16.2. The van der Waals surface area contributed by atoms with E-state index in [0.29, 0.717) is 5.95 Å². The van der Waals surface area contributed by atoms with Crippen molar-refractivity contribution in [3.63, 3.8) is 0 Å². The van der Waals surface area contributed by atoms with Crippen molar-refractivity contribution in [1.82, 2.24) is 19.5 Å². The van der Waals surface area contributed by atoms with Crippen LogP contribution in [0.1, 0.15) is 11.4 Å². The van der Waals surface area contributed by atoms with Gasteiger partial charge in [-0.1, -0.05) is 0 Å². The fourth-order valence-electron chi connectivity index (χ4n) is 2.17. The Morgan fingerprint density at radius 1 is 1.13 bits per heavy atom. The van der Waals surface area contributed by atoms with Crippen LogP contribution < -0.4 is 11.1 Å². The van der Waals surface area contributed by atoms with E-state index in [1.807, 2.05) is 54.9 Å². The zero-order valence-electron chi connectivity index (χ0n) is 12.9. The van der Waals surface area contributed by atoms with Crippen molar-refractivity contribution >= 4 is 17.6 Å². The van der Waals surface area contributed by atoms with Crippen molar-refractivity contribution in [3.05, 3.63) is 60.4 Å². The van der Waals surface area contributed by atoms with E-state index in [1.165, 1.54) is 0 Å². The van der Waals surface area contributed by atoms with E-state index in [2.05, 4.69) is 25.3 Å². The minimum atomic E-state index is 0.241. The molecular weight excluding hydrogens is 290 g/mol. The summed E-state index contributed by atoms with van der Waals surface area (Å²) < 4.78 is 1.92. The monoisotopic (exact) mass is 307 g/mol. The number of aromatic nitrogens is 4. The number of nitrogens with two attached hydrogens (primary N) is 1. The Morgan fingerprint density at radius 3 is 2.43 bits per heavy atom. The summed E-state index contributed by atoms with van der Waals surface area (Å²) in [5, 5.41) is 3.02. The van der Waals surface area contributed by atoms with Crippen LogP contribution in [0.25, 0.3) is 5.69 Å². The molecule has 0 aliphatic heterocycles. The molecule has 0 spiro atoms. The van der Waals surface area contributed by atoms with E-state index < -0.39 is 0 Å². The summed E-state index contributed by atoms with van der Waals surface area (Å²) in [6, 6.07) is 9.65. The second kappa shape index (κ2) is 6.27. The molecule has 7 nitrogen and oxygen atoms in total. The Kier molecular flexibility index (Phi) is 4.01. The first kappa shape index (κ1) is 14.7. The first-order valence-corrected chi connectivity index (χ1v) is 7.12. The van der Waals surface area contributed by atoms with Crippen LogP contribution in [0, 0.1) is 13.8 Å². The van der Waals surface area contributed by atoms with Gasteiger partial charge in [-0.25, -0.2) is 15.0 Å². The Bertz CT molecular complexity index is 800. The molecule has 3 aromatic rings. The maximum absolute atomic E-state index is 5.91. The lowest BCUT2D eigenvalue weighted by Gasteiger charge is -2.07. The third-order valence-electron chi connectivity index (χ3n) is 3.13. The molecule has 0 aliphatic carbocycles. The Morgan fingerprint density at radius 2 is 1.83 bits per heavy atom. The van der Waals surface area contributed by atoms with Crippen LogP contribution in [0.4, 0.5) is 11.6 Å². The molecule has 0 bridgehead atoms. The molecule has 0 unspecified atom stereocenters. The summed E-state index contributed by atoms with van der Waals surface area (Å²) in [4.78, 5) is 16.7. The lowest BCUT2D eigenvalue weighted by atomic mass is 10.3. The number of rotatable bonds is 3. The maximum atomic E-state index is 5.91. The number of nitrogens with one attached hydrogen (secondary N) is 1. The van der Waals surface area contributed by atoms with Gasteiger partial charge in [0.1, 0.15) is 0 Å². The fraction of sp³-hybridized carbons (Fsp3) is 0.125. The predicted octanol–water partition coefficient (Wildman–Crippen LogP) is 2.34. The van der Waals surface area contributed by atoms with E-state index in [4.69, 9.17) is 5.73 Å². The van der Waals surface area contributed by atoms with Crippen LogP contribution in [0.15, 0.2) is 54.0 Å². The summed E-state index contributed by atoms with van der Waals surface area (Å²) in [7, 11) is 0. The SMILES string of the molecule is Cc1cc(C)nc(/N=C(/N)Nc2ccc(-n3ccnc3)cc2)n1. The van der Waals surface area contributed by atoms with Crippen molar-refractivity contribution in [2.24, 2.45) is 10.7 Å². The molecule has 0 atom stereocenters. The van der Waals surface area contributed by atoms with Crippen LogP contribution >= 0.6 is 0 Å². The number of nitrogens with zero attached hydrogens (tertiary/aromatic N) is 5. The van der Waals surface area contributed by atoms with Crippen molar-refractivity contribution in [2.75, 3.05) is 5.32 Å². The molecule has 7 heteroatoms. The molecule has 2 heterocycles. The molecule has 0 fully saturated rings. The van der Waals surface area contributed by atoms with Crippen molar-refractivity contribution in [1.29, 1.82) is 0 Å². The Hall–Kier alpha value is -3.22. The second-order valence-electron chi connectivity index (χ2n) is 5.09. The lowest BCUT2D eigenvalue weighted by Crippen LogP contribution is -2.22. The molecule has 23 heavy (non-hydrogen) atoms. The normalized spacial score (nSPS) is 11.5. The van der Waals surface area contributed by atoms with Gasteiger partial charge in [0.2, 0.25) is 5.96 Å². The topological polar surface area (TPSA) is 94.0 Å². The van der Waals surface area contributed by atoms with Gasteiger partial charge in [0, 0.05) is 35.2 Å². The molecule has 1 aromatic carbocycles. The minimum Gasteiger partial charge on any atom is -0.369 e. The summed E-state index contributed by atoms with van der Waals surface area (Å²) >= 11 is 0. The zero-order valence-corrected chi connectivity index (χ0v) is 12.9. The van der Waals surface area contributed by atoms with E-state index in [0.717, 1.165) is 22.8 Å². The predicted molar refractivity (Wildman–Crippen MR) is 90.0 cm³/mol. The van der Waals surface area contributed by atoms with Gasteiger partial charge in [0.15, 0.2) is 0 Å². The molecular formula is C16H17N7. The molecule has 116 valence electrons. The number of hydrogen-bond acceptors (Lipinski definition) is 4.